The standard InChI is InChI=1S/C17H23N3O2.C12H15N3.C2HF3O.C2H6/c1-17(2,3)22-16(21)20-8-6-12(7-9-20)13-4-5-15-14(10-13)11-18-19-15;1-2-12-11(8-14-15-12)7-10(1)9-3-5-13-6-4-9;3-2(4,5)1-6;1-2/h4-5,10-12H,6-9H2,1-3H3,(H,18,19);1-2,7-9,13H,3-6H2,(H,14,15);1H;1-2H3/i;;;1D. The summed E-state index contributed by atoms with van der Waals surface area (Å²) in [4.78, 5) is 22.6. The molecule has 246 valence electrons. The summed E-state index contributed by atoms with van der Waals surface area (Å²) in [5, 5.41) is 19.8. The largest absolute Gasteiger partial charge is 0.446 e. The lowest BCUT2D eigenvalue weighted by Gasteiger charge is -2.33. The van der Waals surface area contributed by atoms with Crippen LogP contribution in [0.2, 0.25) is 0 Å². The van der Waals surface area contributed by atoms with Gasteiger partial charge in [-0.3, -0.25) is 15.0 Å². The molecule has 4 aromatic rings. The fourth-order valence-electron chi connectivity index (χ4n) is 5.31. The summed E-state index contributed by atoms with van der Waals surface area (Å²) in [5.41, 5.74) is 4.56. The highest BCUT2D eigenvalue weighted by Crippen LogP contribution is 2.30. The average Bonchev–Trinajstić information content (AvgIpc) is 3.70. The van der Waals surface area contributed by atoms with Gasteiger partial charge in [-0.05, 0) is 107 Å². The number of likely N-dealkylation sites (tertiary alicyclic amines) is 1. The van der Waals surface area contributed by atoms with Gasteiger partial charge in [0.05, 0.1) is 23.4 Å². The molecule has 3 N–H and O–H groups in total. The van der Waals surface area contributed by atoms with Crippen molar-refractivity contribution in [3.63, 3.8) is 0 Å². The molecule has 2 aliphatic heterocycles. The maximum Gasteiger partial charge on any atom is 0.446 e. The van der Waals surface area contributed by atoms with Crippen molar-refractivity contribution in [2.24, 2.45) is 0 Å². The molecule has 4 heterocycles. The molecule has 45 heavy (non-hydrogen) atoms. The van der Waals surface area contributed by atoms with Crippen LogP contribution in [0.25, 0.3) is 21.8 Å². The second kappa shape index (κ2) is 16.4. The zero-order chi connectivity index (χ0) is 33.7. The Hall–Kier alpha value is -3.93. The number of benzene rings is 2. The van der Waals surface area contributed by atoms with E-state index in [1.165, 1.54) is 29.4 Å². The number of H-pyrrole nitrogens is 2. The number of nitrogens with one attached hydrogen (secondary N) is 3. The van der Waals surface area contributed by atoms with Gasteiger partial charge in [0.15, 0.2) is 0 Å². The van der Waals surface area contributed by atoms with E-state index in [9.17, 15) is 18.0 Å². The summed E-state index contributed by atoms with van der Waals surface area (Å²) in [5.74, 6) is 1.23. The molecule has 12 heteroatoms. The molecule has 2 aliphatic rings. The fourth-order valence-corrected chi connectivity index (χ4v) is 5.31. The van der Waals surface area contributed by atoms with E-state index >= 15 is 0 Å². The monoisotopic (exact) mass is 631 g/mol. The van der Waals surface area contributed by atoms with Crippen molar-refractivity contribution in [3.8, 4) is 0 Å². The van der Waals surface area contributed by atoms with E-state index in [0.29, 0.717) is 12.8 Å². The number of ether oxygens (including phenoxy) is 1. The highest BCUT2D eigenvalue weighted by atomic mass is 19.4. The number of piperidine rings is 2. The van der Waals surface area contributed by atoms with Crippen LogP contribution in [0.4, 0.5) is 18.0 Å². The summed E-state index contributed by atoms with van der Waals surface area (Å²) >= 11 is 0. The number of carbonyl (C=O) groups excluding carboxylic acids is 2. The molecule has 0 unspecified atom stereocenters. The number of hydrogen-bond acceptors (Lipinski definition) is 6. The van der Waals surface area contributed by atoms with Crippen LogP contribution < -0.4 is 5.32 Å². The molecule has 0 aliphatic carbocycles. The summed E-state index contributed by atoms with van der Waals surface area (Å²) in [7, 11) is 0. The van der Waals surface area contributed by atoms with E-state index in [-0.39, 0.29) is 6.09 Å². The molecule has 2 aromatic carbocycles. The molecule has 2 saturated heterocycles. The van der Waals surface area contributed by atoms with Crippen molar-refractivity contribution in [1.29, 1.82) is 0 Å². The Labute approximate surface area is 263 Å². The van der Waals surface area contributed by atoms with Gasteiger partial charge in [-0.15, -0.1) is 0 Å². The van der Waals surface area contributed by atoms with Gasteiger partial charge in [-0.2, -0.15) is 23.4 Å². The zero-order valence-electron chi connectivity index (χ0n) is 27.4. The number of carbonyl (C=O) groups is 2. The number of hydrogen-bond donors (Lipinski definition) is 3. The molecule has 9 nitrogen and oxygen atoms in total. The first kappa shape index (κ1) is 34.0. The SMILES string of the molecule is CC(C)(C)OC(=O)N1CCC(c2ccc3[nH]ncc3c2)CC1.O=CC(F)(F)F.[2H]CC.c1cc2[nH]ncc2cc1C1CCNCC1. The van der Waals surface area contributed by atoms with E-state index in [4.69, 9.17) is 10.9 Å². The van der Waals surface area contributed by atoms with Crippen molar-refractivity contribution in [2.45, 2.75) is 83.9 Å². The predicted octanol–water partition coefficient (Wildman–Crippen LogP) is 7.48. The summed E-state index contributed by atoms with van der Waals surface area (Å²) < 4.78 is 42.9. The first-order chi connectivity index (χ1) is 21.8. The van der Waals surface area contributed by atoms with Crippen molar-refractivity contribution < 1.29 is 28.9 Å². The van der Waals surface area contributed by atoms with Crippen molar-refractivity contribution >= 4 is 34.2 Å². The van der Waals surface area contributed by atoms with Crippen LogP contribution >= 0.6 is 0 Å². The molecule has 1 amide bonds. The Morgan fingerprint density at radius 1 is 0.911 bits per heavy atom. The quantitative estimate of drug-likeness (QED) is 0.198. The normalized spacial score (nSPS) is 16.3. The number of alkyl halides is 3. The van der Waals surface area contributed by atoms with Crippen LogP contribution in [0.1, 0.15) is 84.6 Å². The number of aromatic amines is 2. The number of aromatic nitrogens is 4. The number of halogens is 3. The molecular weight excluding hydrogens is 585 g/mol. The molecule has 0 atom stereocenters. The highest BCUT2D eigenvalue weighted by molar-refractivity contribution is 5.79. The maximum absolute atomic E-state index is 12.1. The topological polar surface area (TPSA) is 116 Å². The number of fused-ring (bicyclic) bond motifs is 2. The zero-order valence-corrected chi connectivity index (χ0v) is 26.4. The summed E-state index contributed by atoms with van der Waals surface area (Å²) in [6, 6.07) is 13.1. The van der Waals surface area contributed by atoms with Gasteiger partial charge in [0.1, 0.15) is 5.60 Å². The predicted molar refractivity (Wildman–Crippen MR) is 170 cm³/mol. The minimum absolute atomic E-state index is 0.198. The first-order valence-electron chi connectivity index (χ1n) is 15.9. The molecule has 2 aromatic heterocycles. The van der Waals surface area contributed by atoms with E-state index in [1.807, 2.05) is 38.1 Å². The van der Waals surface area contributed by atoms with Gasteiger partial charge in [0.25, 0.3) is 0 Å². The average molecular weight is 632 g/mol. The lowest BCUT2D eigenvalue weighted by Crippen LogP contribution is -2.41. The third-order valence-corrected chi connectivity index (χ3v) is 7.49. The second-order valence-corrected chi connectivity index (χ2v) is 11.9. The number of aldehydes is 1. The third kappa shape index (κ3) is 11.2. The first-order valence-corrected chi connectivity index (χ1v) is 15.2. The Morgan fingerprint density at radius 2 is 1.36 bits per heavy atom. The van der Waals surface area contributed by atoms with Crippen LogP contribution in [0.5, 0.6) is 0 Å². The van der Waals surface area contributed by atoms with Gasteiger partial charge >= 0.3 is 12.3 Å². The van der Waals surface area contributed by atoms with Gasteiger partial charge in [0, 0.05) is 25.2 Å². The number of amides is 1. The maximum atomic E-state index is 12.1. The van der Waals surface area contributed by atoms with Crippen LogP contribution in [-0.2, 0) is 9.53 Å². The molecule has 0 saturated carbocycles. The van der Waals surface area contributed by atoms with Crippen molar-refractivity contribution in [1.82, 2.24) is 30.6 Å². The van der Waals surface area contributed by atoms with Crippen LogP contribution in [0, 0.1) is 0 Å². The van der Waals surface area contributed by atoms with Gasteiger partial charge in [0.2, 0.25) is 6.29 Å². The highest BCUT2D eigenvalue weighted by Gasteiger charge is 2.27. The molecule has 0 bridgehead atoms. The third-order valence-electron chi connectivity index (χ3n) is 7.49. The lowest BCUT2D eigenvalue weighted by molar-refractivity contribution is -0.156. The van der Waals surface area contributed by atoms with Gasteiger partial charge < -0.3 is 15.0 Å². The molecule has 6 rings (SSSR count). The Bertz CT molecular complexity index is 1500. The fraction of sp³-hybridized carbons (Fsp3) is 0.515. The van der Waals surface area contributed by atoms with E-state index < -0.39 is 18.1 Å². The summed E-state index contributed by atoms with van der Waals surface area (Å²) in [6.45, 7) is 11.8. The van der Waals surface area contributed by atoms with E-state index in [1.54, 1.807) is 6.92 Å². The molecule has 2 fully saturated rings. The molecular formula is C33H45F3N6O3. The van der Waals surface area contributed by atoms with Gasteiger partial charge in [-0.1, -0.05) is 26.0 Å². The Kier molecular flexibility index (Phi) is 12.4. The molecule has 0 spiro atoms. The minimum Gasteiger partial charge on any atom is -0.444 e. The second-order valence-electron chi connectivity index (χ2n) is 11.9. The number of rotatable bonds is 2. The van der Waals surface area contributed by atoms with E-state index in [0.717, 1.165) is 61.4 Å². The Morgan fingerprint density at radius 3 is 1.78 bits per heavy atom. The lowest BCUT2D eigenvalue weighted by atomic mass is 9.89. The van der Waals surface area contributed by atoms with Crippen molar-refractivity contribution in [3.05, 3.63) is 59.9 Å². The summed E-state index contributed by atoms with van der Waals surface area (Å²) in [6.07, 6.45) is 2.32. The van der Waals surface area contributed by atoms with Crippen LogP contribution in [0.3, 0.4) is 0 Å². The van der Waals surface area contributed by atoms with Gasteiger partial charge in [-0.25, -0.2) is 4.79 Å². The van der Waals surface area contributed by atoms with Crippen LogP contribution in [0.15, 0.2) is 48.8 Å². The van der Waals surface area contributed by atoms with Crippen LogP contribution in [-0.4, -0.2) is 75.6 Å². The van der Waals surface area contributed by atoms with Crippen molar-refractivity contribution in [2.75, 3.05) is 26.2 Å². The molecule has 0 radical (unpaired) electrons. The smallest absolute Gasteiger partial charge is 0.444 e. The number of nitrogens with zero attached hydrogens (tertiary/aromatic N) is 3. The Balaban J connectivity index is 0.000000206. The van der Waals surface area contributed by atoms with E-state index in [2.05, 4.69) is 62.1 Å². The minimum atomic E-state index is -4.64.